The van der Waals surface area contributed by atoms with Gasteiger partial charge in [-0.3, -0.25) is 9.69 Å². The van der Waals surface area contributed by atoms with Crippen molar-refractivity contribution >= 4 is 23.6 Å². The number of halogens is 1. The number of hydrogen-bond acceptors (Lipinski definition) is 6. The molecule has 0 saturated carbocycles. The van der Waals surface area contributed by atoms with Gasteiger partial charge in [0.15, 0.2) is 0 Å². The molecule has 0 unspecified atom stereocenters. The van der Waals surface area contributed by atoms with E-state index in [4.69, 9.17) is 20.9 Å². The van der Waals surface area contributed by atoms with Crippen molar-refractivity contribution < 1.29 is 18.8 Å². The molecule has 2 aromatic rings. The molecular formula is C15H15ClN4O4. The van der Waals surface area contributed by atoms with Gasteiger partial charge in [0.1, 0.15) is 19.2 Å². The Kier molecular flexibility index (Phi) is 4.66. The van der Waals surface area contributed by atoms with Gasteiger partial charge in [0, 0.05) is 10.6 Å². The number of amides is 2. The molecule has 1 aromatic carbocycles. The van der Waals surface area contributed by atoms with Crippen molar-refractivity contribution in [3.8, 4) is 11.4 Å². The molecule has 24 heavy (non-hydrogen) atoms. The van der Waals surface area contributed by atoms with Crippen molar-refractivity contribution in [3.05, 3.63) is 35.2 Å². The molecule has 0 bridgehead atoms. The molecule has 1 atom stereocenters. The van der Waals surface area contributed by atoms with Gasteiger partial charge in [-0.25, -0.2) is 4.79 Å². The summed E-state index contributed by atoms with van der Waals surface area (Å²) in [6, 6.07) is 6.53. The molecule has 1 aliphatic rings. The SMILES string of the molecule is C[C@@H](NC(=O)CN1CCOC1=O)c1nc(-c2ccc(Cl)cc2)no1. The van der Waals surface area contributed by atoms with Gasteiger partial charge in [-0.1, -0.05) is 16.8 Å². The van der Waals surface area contributed by atoms with Crippen LogP contribution in [0.2, 0.25) is 5.02 Å². The van der Waals surface area contributed by atoms with Crippen LogP contribution in [0.25, 0.3) is 11.4 Å². The molecule has 1 N–H and O–H groups in total. The van der Waals surface area contributed by atoms with Crippen molar-refractivity contribution in [3.63, 3.8) is 0 Å². The lowest BCUT2D eigenvalue weighted by atomic mass is 10.2. The van der Waals surface area contributed by atoms with Crippen molar-refractivity contribution in [2.45, 2.75) is 13.0 Å². The number of hydrogen-bond donors (Lipinski definition) is 1. The molecule has 1 aliphatic heterocycles. The summed E-state index contributed by atoms with van der Waals surface area (Å²) in [5.74, 6) is 0.357. The van der Waals surface area contributed by atoms with E-state index in [0.717, 1.165) is 5.56 Å². The predicted molar refractivity (Wildman–Crippen MR) is 84.2 cm³/mol. The van der Waals surface area contributed by atoms with Gasteiger partial charge < -0.3 is 14.6 Å². The Balaban J connectivity index is 1.61. The van der Waals surface area contributed by atoms with E-state index in [1.54, 1.807) is 31.2 Å². The minimum atomic E-state index is -0.486. The standard InChI is InChI=1S/C15H15ClN4O4/c1-9(17-12(21)8-20-6-7-23-15(20)22)14-18-13(19-24-14)10-2-4-11(16)5-3-10/h2-5,9H,6-8H2,1H3,(H,17,21)/t9-/m1/s1. The van der Waals surface area contributed by atoms with E-state index in [1.807, 2.05) is 0 Å². The van der Waals surface area contributed by atoms with E-state index in [1.165, 1.54) is 4.90 Å². The average Bonchev–Trinajstić information content (AvgIpc) is 3.18. The van der Waals surface area contributed by atoms with Gasteiger partial charge in [0.2, 0.25) is 17.6 Å². The average molecular weight is 351 g/mol. The monoisotopic (exact) mass is 350 g/mol. The minimum Gasteiger partial charge on any atom is -0.448 e. The fourth-order valence-corrected chi connectivity index (χ4v) is 2.34. The van der Waals surface area contributed by atoms with E-state index in [0.29, 0.717) is 24.0 Å². The fraction of sp³-hybridized carbons (Fsp3) is 0.333. The molecule has 2 heterocycles. The first kappa shape index (κ1) is 16.3. The Morgan fingerprint density at radius 3 is 2.83 bits per heavy atom. The molecule has 0 aliphatic carbocycles. The van der Waals surface area contributed by atoms with E-state index in [9.17, 15) is 9.59 Å². The van der Waals surface area contributed by atoms with Crippen molar-refractivity contribution in [1.29, 1.82) is 0 Å². The third-order valence-corrected chi connectivity index (χ3v) is 3.72. The lowest BCUT2D eigenvalue weighted by Crippen LogP contribution is -2.38. The van der Waals surface area contributed by atoms with Crippen molar-refractivity contribution in [2.75, 3.05) is 19.7 Å². The number of aromatic nitrogens is 2. The summed E-state index contributed by atoms with van der Waals surface area (Å²) >= 11 is 5.84. The first-order valence-corrected chi connectivity index (χ1v) is 7.71. The molecule has 0 spiro atoms. The molecular weight excluding hydrogens is 336 g/mol. The summed E-state index contributed by atoms with van der Waals surface area (Å²) < 4.78 is 9.96. The normalized spacial score (nSPS) is 15.2. The Labute approximate surface area is 142 Å². The summed E-state index contributed by atoms with van der Waals surface area (Å²) in [6.07, 6.45) is -0.486. The van der Waals surface area contributed by atoms with Crippen molar-refractivity contribution in [1.82, 2.24) is 20.4 Å². The summed E-state index contributed by atoms with van der Waals surface area (Å²) in [4.78, 5) is 28.9. The summed E-state index contributed by atoms with van der Waals surface area (Å²) in [6.45, 7) is 2.36. The third kappa shape index (κ3) is 3.65. The van der Waals surface area contributed by atoms with Crippen LogP contribution in [-0.2, 0) is 9.53 Å². The topological polar surface area (TPSA) is 97.6 Å². The number of carbonyl (C=O) groups is 2. The van der Waals surface area contributed by atoms with E-state index in [-0.39, 0.29) is 18.3 Å². The zero-order valence-corrected chi connectivity index (χ0v) is 13.6. The summed E-state index contributed by atoms with van der Waals surface area (Å²) in [7, 11) is 0. The smallest absolute Gasteiger partial charge is 0.410 e. The molecule has 1 fully saturated rings. The second-order valence-corrected chi connectivity index (χ2v) is 5.72. The first-order valence-electron chi connectivity index (χ1n) is 7.33. The van der Waals surface area contributed by atoms with E-state index in [2.05, 4.69) is 15.5 Å². The number of benzene rings is 1. The van der Waals surface area contributed by atoms with Crippen molar-refractivity contribution in [2.24, 2.45) is 0 Å². The Morgan fingerprint density at radius 1 is 1.42 bits per heavy atom. The lowest BCUT2D eigenvalue weighted by molar-refractivity contribution is -0.122. The maximum absolute atomic E-state index is 12.0. The maximum Gasteiger partial charge on any atom is 0.410 e. The van der Waals surface area contributed by atoms with Crippen LogP contribution >= 0.6 is 11.6 Å². The summed E-state index contributed by atoms with van der Waals surface area (Å²) in [5, 5.41) is 7.22. The van der Waals surface area contributed by atoms with E-state index < -0.39 is 12.1 Å². The van der Waals surface area contributed by atoms with Crippen LogP contribution < -0.4 is 5.32 Å². The zero-order chi connectivity index (χ0) is 17.1. The predicted octanol–water partition coefficient (Wildman–Crippen LogP) is 2.02. The fourth-order valence-electron chi connectivity index (χ4n) is 2.22. The van der Waals surface area contributed by atoms with Crippen LogP contribution in [0.3, 0.4) is 0 Å². The van der Waals surface area contributed by atoms with Gasteiger partial charge >= 0.3 is 6.09 Å². The highest BCUT2D eigenvalue weighted by atomic mass is 35.5. The van der Waals surface area contributed by atoms with Crippen LogP contribution in [0.1, 0.15) is 18.9 Å². The third-order valence-electron chi connectivity index (χ3n) is 3.47. The molecule has 1 saturated heterocycles. The number of nitrogens with zero attached hydrogens (tertiary/aromatic N) is 3. The number of cyclic esters (lactones) is 1. The first-order chi connectivity index (χ1) is 11.5. The highest BCUT2D eigenvalue weighted by Gasteiger charge is 2.25. The van der Waals surface area contributed by atoms with Crippen LogP contribution in [0.4, 0.5) is 4.79 Å². The molecule has 0 radical (unpaired) electrons. The number of rotatable bonds is 5. The largest absolute Gasteiger partial charge is 0.448 e. The number of nitrogens with one attached hydrogen (secondary N) is 1. The molecule has 9 heteroatoms. The van der Waals surface area contributed by atoms with Gasteiger partial charge in [-0.15, -0.1) is 0 Å². The second-order valence-electron chi connectivity index (χ2n) is 5.29. The highest BCUT2D eigenvalue weighted by Crippen LogP contribution is 2.20. The number of carbonyl (C=O) groups excluding carboxylic acids is 2. The molecule has 1 aromatic heterocycles. The Morgan fingerprint density at radius 2 is 2.17 bits per heavy atom. The van der Waals surface area contributed by atoms with Crippen LogP contribution in [-0.4, -0.2) is 46.7 Å². The van der Waals surface area contributed by atoms with Gasteiger partial charge in [0.25, 0.3) is 0 Å². The van der Waals surface area contributed by atoms with Crippen LogP contribution in [0.5, 0.6) is 0 Å². The van der Waals surface area contributed by atoms with Crippen LogP contribution in [0, 0.1) is 0 Å². The Bertz CT molecular complexity index is 746. The second kappa shape index (κ2) is 6.88. The molecule has 8 nitrogen and oxygen atoms in total. The maximum atomic E-state index is 12.0. The van der Waals surface area contributed by atoms with Gasteiger partial charge in [0.05, 0.1) is 6.54 Å². The number of ether oxygens (including phenoxy) is 1. The lowest BCUT2D eigenvalue weighted by Gasteiger charge is -2.14. The van der Waals surface area contributed by atoms with Gasteiger partial charge in [-0.2, -0.15) is 4.98 Å². The minimum absolute atomic E-state index is 0.0681. The molecule has 3 rings (SSSR count). The van der Waals surface area contributed by atoms with E-state index >= 15 is 0 Å². The zero-order valence-electron chi connectivity index (χ0n) is 12.9. The highest BCUT2D eigenvalue weighted by molar-refractivity contribution is 6.30. The Hall–Kier alpha value is -2.61. The molecule has 2 amide bonds. The molecule has 126 valence electrons. The van der Waals surface area contributed by atoms with Crippen LogP contribution in [0.15, 0.2) is 28.8 Å². The quantitative estimate of drug-likeness (QED) is 0.886. The summed E-state index contributed by atoms with van der Waals surface area (Å²) in [5.41, 5.74) is 0.757. The van der Waals surface area contributed by atoms with Gasteiger partial charge in [-0.05, 0) is 31.2 Å².